The highest BCUT2D eigenvalue weighted by Gasteiger charge is 2.32. The molecule has 1 atom stereocenters. The largest absolute Gasteiger partial charge is 0.328 e. The number of rotatable bonds is 3. The van der Waals surface area contributed by atoms with Crippen molar-refractivity contribution in [1.29, 1.82) is 0 Å². The minimum Gasteiger partial charge on any atom is -0.328 e. The lowest BCUT2D eigenvalue weighted by atomic mass is 9.90. The molecule has 1 saturated carbocycles. The molecular weight excluding hydrogens is 198 g/mol. The van der Waals surface area contributed by atoms with Crippen LogP contribution < -0.4 is 5.73 Å². The van der Waals surface area contributed by atoms with Crippen LogP contribution >= 0.6 is 0 Å². The van der Waals surface area contributed by atoms with Gasteiger partial charge in [0.1, 0.15) is 0 Å². The van der Waals surface area contributed by atoms with Crippen molar-refractivity contribution in [2.75, 3.05) is 27.2 Å². The number of likely N-dealkylation sites (tertiary alicyclic amines) is 1. The van der Waals surface area contributed by atoms with Crippen LogP contribution in [0.15, 0.2) is 0 Å². The van der Waals surface area contributed by atoms with E-state index in [0.717, 1.165) is 12.1 Å². The van der Waals surface area contributed by atoms with E-state index in [-0.39, 0.29) is 0 Å². The molecular formula is C13H27N3. The van der Waals surface area contributed by atoms with Gasteiger partial charge in [0, 0.05) is 24.7 Å². The fraction of sp³-hybridized carbons (Fsp3) is 1.00. The van der Waals surface area contributed by atoms with Crippen LogP contribution in [0.4, 0.5) is 0 Å². The second kappa shape index (κ2) is 5.48. The van der Waals surface area contributed by atoms with Gasteiger partial charge in [0.2, 0.25) is 0 Å². The maximum absolute atomic E-state index is 5.98. The zero-order chi connectivity index (χ0) is 11.5. The molecule has 0 aromatic carbocycles. The summed E-state index contributed by atoms with van der Waals surface area (Å²) in [4.78, 5) is 5.10. The second-order valence-corrected chi connectivity index (χ2v) is 5.86. The second-order valence-electron chi connectivity index (χ2n) is 5.86. The first-order valence-corrected chi connectivity index (χ1v) is 6.83. The van der Waals surface area contributed by atoms with Crippen molar-refractivity contribution in [3.8, 4) is 0 Å². The summed E-state index contributed by atoms with van der Waals surface area (Å²) < 4.78 is 0. The van der Waals surface area contributed by atoms with Crippen LogP contribution in [-0.4, -0.2) is 55.1 Å². The Bertz CT molecular complexity index is 209. The molecule has 0 amide bonds. The minimum atomic E-state index is 0.478. The van der Waals surface area contributed by atoms with Gasteiger partial charge >= 0.3 is 0 Å². The molecule has 2 N–H and O–H groups in total. The number of nitrogens with two attached hydrogens (primary N) is 1. The maximum Gasteiger partial charge on any atom is 0.0226 e. The molecule has 0 spiro atoms. The van der Waals surface area contributed by atoms with Crippen LogP contribution in [0.2, 0.25) is 0 Å². The molecule has 0 radical (unpaired) electrons. The van der Waals surface area contributed by atoms with E-state index in [1.54, 1.807) is 0 Å². The van der Waals surface area contributed by atoms with E-state index in [2.05, 4.69) is 23.9 Å². The fourth-order valence-electron chi connectivity index (χ4n) is 3.39. The van der Waals surface area contributed by atoms with Crippen molar-refractivity contribution in [3.05, 3.63) is 0 Å². The van der Waals surface area contributed by atoms with Gasteiger partial charge in [0.15, 0.2) is 0 Å². The van der Waals surface area contributed by atoms with Gasteiger partial charge in [-0.25, -0.2) is 0 Å². The van der Waals surface area contributed by atoms with Crippen LogP contribution in [0.3, 0.4) is 0 Å². The predicted molar refractivity (Wildman–Crippen MR) is 68.5 cm³/mol. The molecule has 16 heavy (non-hydrogen) atoms. The standard InChI is InChI=1S/C13H27N3/c1-15(2)10-13-4-3-9-16(13)12-7-5-11(14)6-8-12/h11-13H,3-10,14H2,1-2H3. The zero-order valence-electron chi connectivity index (χ0n) is 10.9. The van der Waals surface area contributed by atoms with Crippen LogP contribution in [0.25, 0.3) is 0 Å². The monoisotopic (exact) mass is 225 g/mol. The summed E-state index contributed by atoms with van der Waals surface area (Å²) in [5, 5.41) is 0. The van der Waals surface area contributed by atoms with E-state index in [1.807, 2.05) is 0 Å². The van der Waals surface area contributed by atoms with E-state index >= 15 is 0 Å². The van der Waals surface area contributed by atoms with Gasteiger partial charge in [-0.2, -0.15) is 0 Å². The van der Waals surface area contributed by atoms with E-state index in [1.165, 1.54) is 51.6 Å². The maximum atomic E-state index is 5.98. The first-order valence-electron chi connectivity index (χ1n) is 6.83. The van der Waals surface area contributed by atoms with Crippen molar-refractivity contribution < 1.29 is 0 Å². The lowest BCUT2D eigenvalue weighted by molar-refractivity contribution is 0.118. The molecule has 0 bridgehead atoms. The molecule has 94 valence electrons. The van der Waals surface area contributed by atoms with Gasteiger partial charge in [-0.15, -0.1) is 0 Å². The topological polar surface area (TPSA) is 32.5 Å². The van der Waals surface area contributed by atoms with Gasteiger partial charge in [-0.05, 0) is 59.2 Å². The number of likely N-dealkylation sites (N-methyl/N-ethyl adjacent to an activating group) is 1. The zero-order valence-corrected chi connectivity index (χ0v) is 10.9. The Morgan fingerprint density at radius 3 is 2.44 bits per heavy atom. The third-order valence-electron chi connectivity index (χ3n) is 4.21. The summed E-state index contributed by atoms with van der Waals surface area (Å²) in [7, 11) is 4.38. The molecule has 2 rings (SSSR count). The Morgan fingerprint density at radius 1 is 1.12 bits per heavy atom. The van der Waals surface area contributed by atoms with E-state index in [9.17, 15) is 0 Å². The van der Waals surface area contributed by atoms with Gasteiger partial charge in [0.25, 0.3) is 0 Å². The third kappa shape index (κ3) is 2.96. The number of hydrogen-bond acceptors (Lipinski definition) is 3. The summed E-state index contributed by atoms with van der Waals surface area (Å²) in [6, 6.07) is 2.10. The summed E-state index contributed by atoms with van der Waals surface area (Å²) >= 11 is 0. The average Bonchev–Trinajstić information content (AvgIpc) is 2.66. The molecule has 3 heteroatoms. The Balaban J connectivity index is 1.87. The highest BCUT2D eigenvalue weighted by Crippen LogP contribution is 2.28. The molecule has 2 aliphatic rings. The van der Waals surface area contributed by atoms with Crippen LogP contribution in [0, 0.1) is 0 Å². The smallest absolute Gasteiger partial charge is 0.0226 e. The molecule has 1 heterocycles. The normalized spacial score (nSPS) is 37.1. The molecule has 1 unspecified atom stereocenters. The van der Waals surface area contributed by atoms with Gasteiger partial charge in [0.05, 0.1) is 0 Å². The average molecular weight is 225 g/mol. The first-order chi connectivity index (χ1) is 7.66. The Labute approximate surface area is 100.0 Å². The lowest BCUT2D eigenvalue weighted by Crippen LogP contribution is -2.46. The highest BCUT2D eigenvalue weighted by atomic mass is 15.2. The number of hydrogen-bond donors (Lipinski definition) is 1. The van der Waals surface area contributed by atoms with Crippen molar-refractivity contribution in [2.24, 2.45) is 5.73 Å². The quantitative estimate of drug-likeness (QED) is 0.785. The van der Waals surface area contributed by atoms with E-state index in [4.69, 9.17) is 5.73 Å². The van der Waals surface area contributed by atoms with Crippen molar-refractivity contribution in [2.45, 2.75) is 56.7 Å². The molecule has 2 fully saturated rings. The summed E-state index contributed by atoms with van der Waals surface area (Å²) in [5.41, 5.74) is 5.98. The van der Waals surface area contributed by atoms with Crippen molar-refractivity contribution >= 4 is 0 Å². The third-order valence-corrected chi connectivity index (χ3v) is 4.21. The Kier molecular flexibility index (Phi) is 4.22. The highest BCUT2D eigenvalue weighted by molar-refractivity contribution is 4.89. The molecule has 0 aromatic heterocycles. The fourth-order valence-corrected chi connectivity index (χ4v) is 3.39. The van der Waals surface area contributed by atoms with Gasteiger partial charge in [-0.3, -0.25) is 4.90 Å². The van der Waals surface area contributed by atoms with Crippen molar-refractivity contribution in [1.82, 2.24) is 9.80 Å². The van der Waals surface area contributed by atoms with E-state index in [0.29, 0.717) is 6.04 Å². The molecule has 1 aliphatic heterocycles. The van der Waals surface area contributed by atoms with Crippen LogP contribution in [-0.2, 0) is 0 Å². The van der Waals surface area contributed by atoms with Crippen LogP contribution in [0.5, 0.6) is 0 Å². The van der Waals surface area contributed by atoms with Gasteiger partial charge in [-0.1, -0.05) is 0 Å². The Morgan fingerprint density at radius 2 is 1.81 bits per heavy atom. The molecule has 3 nitrogen and oxygen atoms in total. The summed E-state index contributed by atoms with van der Waals surface area (Å²) in [6.07, 6.45) is 7.89. The SMILES string of the molecule is CN(C)CC1CCCN1C1CCC(N)CC1. The van der Waals surface area contributed by atoms with Gasteiger partial charge < -0.3 is 10.6 Å². The lowest BCUT2D eigenvalue weighted by Gasteiger charge is -2.38. The molecule has 0 aromatic rings. The summed E-state index contributed by atoms with van der Waals surface area (Å²) in [5.74, 6) is 0. The summed E-state index contributed by atoms with van der Waals surface area (Å²) in [6.45, 7) is 2.54. The van der Waals surface area contributed by atoms with Crippen molar-refractivity contribution in [3.63, 3.8) is 0 Å². The molecule has 1 aliphatic carbocycles. The first kappa shape index (κ1) is 12.3. The minimum absolute atomic E-state index is 0.478. The van der Waals surface area contributed by atoms with Crippen LogP contribution in [0.1, 0.15) is 38.5 Å². The Hall–Kier alpha value is -0.120. The van der Waals surface area contributed by atoms with E-state index < -0.39 is 0 Å². The predicted octanol–water partition coefficient (Wildman–Crippen LogP) is 1.28. The molecule has 1 saturated heterocycles. The number of nitrogens with zero attached hydrogens (tertiary/aromatic N) is 2.